The average molecular weight is 214 g/mol. The van der Waals surface area contributed by atoms with Crippen molar-refractivity contribution in [3.63, 3.8) is 0 Å². The Morgan fingerprint density at radius 1 is 1.19 bits per heavy atom. The van der Waals surface area contributed by atoms with Crippen LogP contribution in [0.4, 0.5) is 0 Å². The van der Waals surface area contributed by atoms with Crippen molar-refractivity contribution in [2.75, 3.05) is 0 Å². The van der Waals surface area contributed by atoms with Gasteiger partial charge in [0, 0.05) is 12.7 Å². The average Bonchev–Trinajstić information content (AvgIpc) is 2.38. The van der Waals surface area contributed by atoms with Crippen LogP contribution in [-0.2, 0) is 6.54 Å². The van der Waals surface area contributed by atoms with E-state index < -0.39 is 0 Å². The Balaban J connectivity index is 1.95. The van der Waals surface area contributed by atoms with Gasteiger partial charge in [0.15, 0.2) is 0 Å². The van der Waals surface area contributed by atoms with E-state index in [1.165, 1.54) is 12.4 Å². The third-order valence-corrected chi connectivity index (χ3v) is 1.98. The molecule has 1 heterocycles. The molecule has 2 aromatic rings. The van der Waals surface area contributed by atoms with Gasteiger partial charge in [0.1, 0.15) is 0 Å². The lowest BCUT2D eigenvalue weighted by Gasteiger charge is -2.02. The minimum Gasteiger partial charge on any atom is -0.345 e. The number of carbonyl (C=O) groups is 1. The fraction of sp³-hybridized carbons (Fsp3) is 0.0909. The summed E-state index contributed by atoms with van der Waals surface area (Å²) in [6, 6.07) is 9.63. The van der Waals surface area contributed by atoms with E-state index in [-0.39, 0.29) is 11.7 Å². The van der Waals surface area contributed by atoms with Gasteiger partial charge in [-0.25, -0.2) is 4.98 Å². The molecular formula is C11H10N4O. The summed E-state index contributed by atoms with van der Waals surface area (Å²) >= 11 is 0. The number of hydrogen-bond donors (Lipinski definition) is 1. The highest BCUT2D eigenvalue weighted by Crippen LogP contribution is 1.97. The second kappa shape index (κ2) is 4.97. The topological polar surface area (TPSA) is 67.8 Å². The van der Waals surface area contributed by atoms with Crippen molar-refractivity contribution >= 4 is 5.91 Å². The van der Waals surface area contributed by atoms with Crippen LogP contribution in [0.3, 0.4) is 0 Å². The van der Waals surface area contributed by atoms with Crippen molar-refractivity contribution in [2.45, 2.75) is 6.54 Å². The molecule has 0 unspecified atom stereocenters. The molecule has 1 aromatic heterocycles. The normalized spacial score (nSPS) is 9.75. The highest BCUT2D eigenvalue weighted by atomic mass is 16.2. The molecule has 0 saturated heterocycles. The minimum atomic E-state index is -0.322. The molecule has 5 nitrogen and oxygen atoms in total. The quantitative estimate of drug-likeness (QED) is 0.820. The van der Waals surface area contributed by atoms with Crippen LogP contribution in [-0.4, -0.2) is 21.1 Å². The predicted molar refractivity (Wildman–Crippen MR) is 57.4 cm³/mol. The van der Waals surface area contributed by atoms with Crippen molar-refractivity contribution in [3.05, 3.63) is 54.1 Å². The summed E-state index contributed by atoms with van der Waals surface area (Å²) in [5, 5.41) is 9.92. The SMILES string of the molecule is O=C(NCc1ccccc1)c1nccnn1. The number of hydrogen-bond acceptors (Lipinski definition) is 4. The molecule has 0 saturated carbocycles. The number of nitrogens with zero attached hydrogens (tertiary/aromatic N) is 3. The first-order valence-corrected chi connectivity index (χ1v) is 4.82. The summed E-state index contributed by atoms with van der Waals surface area (Å²) in [4.78, 5) is 15.3. The lowest BCUT2D eigenvalue weighted by molar-refractivity contribution is 0.0939. The highest BCUT2D eigenvalue weighted by Gasteiger charge is 2.07. The second-order valence-electron chi connectivity index (χ2n) is 3.13. The van der Waals surface area contributed by atoms with Crippen LogP contribution in [0, 0.1) is 0 Å². The first-order valence-electron chi connectivity index (χ1n) is 4.82. The van der Waals surface area contributed by atoms with E-state index >= 15 is 0 Å². The van der Waals surface area contributed by atoms with Crippen molar-refractivity contribution in [1.82, 2.24) is 20.5 Å². The van der Waals surface area contributed by atoms with E-state index in [4.69, 9.17) is 0 Å². The molecule has 2 rings (SSSR count). The van der Waals surface area contributed by atoms with Crippen molar-refractivity contribution in [2.24, 2.45) is 0 Å². The molecule has 0 spiro atoms. The van der Waals surface area contributed by atoms with Crippen molar-refractivity contribution in [3.8, 4) is 0 Å². The van der Waals surface area contributed by atoms with Crippen LogP contribution in [0.1, 0.15) is 16.2 Å². The van der Waals surface area contributed by atoms with Crippen molar-refractivity contribution in [1.29, 1.82) is 0 Å². The molecule has 0 atom stereocenters. The Morgan fingerprint density at radius 2 is 2.00 bits per heavy atom. The number of amides is 1. The van der Waals surface area contributed by atoms with Gasteiger partial charge < -0.3 is 5.32 Å². The van der Waals surface area contributed by atoms with Crippen LogP contribution in [0.2, 0.25) is 0 Å². The van der Waals surface area contributed by atoms with Crippen molar-refractivity contribution < 1.29 is 4.79 Å². The maximum atomic E-state index is 11.5. The van der Waals surface area contributed by atoms with E-state index in [0.29, 0.717) is 6.54 Å². The van der Waals surface area contributed by atoms with E-state index in [2.05, 4.69) is 20.5 Å². The monoisotopic (exact) mass is 214 g/mol. The fourth-order valence-corrected chi connectivity index (χ4v) is 1.21. The van der Waals surface area contributed by atoms with Crippen LogP contribution in [0.25, 0.3) is 0 Å². The molecule has 0 aliphatic carbocycles. The Hall–Kier alpha value is -2.30. The van der Waals surface area contributed by atoms with Gasteiger partial charge >= 0.3 is 0 Å². The molecule has 1 aromatic carbocycles. The fourth-order valence-electron chi connectivity index (χ4n) is 1.21. The summed E-state index contributed by atoms with van der Waals surface area (Å²) in [7, 11) is 0. The highest BCUT2D eigenvalue weighted by molar-refractivity contribution is 5.90. The summed E-state index contributed by atoms with van der Waals surface area (Å²) in [5.74, 6) is -0.240. The zero-order valence-corrected chi connectivity index (χ0v) is 8.50. The lowest BCUT2D eigenvalue weighted by Crippen LogP contribution is -2.25. The van der Waals surface area contributed by atoms with Gasteiger partial charge in [-0.1, -0.05) is 30.3 Å². The van der Waals surface area contributed by atoms with E-state index in [1.54, 1.807) is 0 Å². The van der Waals surface area contributed by atoms with Crippen LogP contribution >= 0.6 is 0 Å². The Labute approximate surface area is 92.6 Å². The summed E-state index contributed by atoms with van der Waals surface area (Å²) < 4.78 is 0. The first kappa shape index (κ1) is 10.2. The van der Waals surface area contributed by atoms with Crippen LogP contribution in [0.15, 0.2) is 42.7 Å². The summed E-state index contributed by atoms with van der Waals surface area (Å²) in [5.41, 5.74) is 1.03. The predicted octanol–water partition coefficient (Wildman–Crippen LogP) is 0.802. The molecule has 5 heteroatoms. The van der Waals surface area contributed by atoms with Gasteiger partial charge in [-0.2, -0.15) is 5.10 Å². The zero-order valence-electron chi connectivity index (χ0n) is 8.50. The lowest BCUT2D eigenvalue weighted by atomic mass is 10.2. The molecule has 0 aliphatic heterocycles. The molecule has 0 radical (unpaired) electrons. The largest absolute Gasteiger partial charge is 0.345 e. The van der Waals surface area contributed by atoms with Gasteiger partial charge in [-0.3, -0.25) is 4.79 Å². The number of carbonyl (C=O) groups excluding carboxylic acids is 1. The van der Waals surface area contributed by atoms with Gasteiger partial charge in [0.05, 0.1) is 6.20 Å². The molecule has 80 valence electrons. The van der Waals surface area contributed by atoms with Crippen LogP contribution in [0.5, 0.6) is 0 Å². The van der Waals surface area contributed by atoms with Gasteiger partial charge in [0.25, 0.3) is 5.91 Å². The molecule has 0 fully saturated rings. The summed E-state index contributed by atoms with van der Waals surface area (Å²) in [6.07, 6.45) is 2.86. The zero-order chi connectivity index (χ0) is 11.2. The molecular weight excluding hydrogens is 204 g/mol. The first-order chi connectivity index (χ1) is 7.86. The van der Waals surface area contributed by atoms with Gasteiger partial charge in [-0.15, -0.1) is 5.10 Å². The van der Waals surface area contributed by atoms with E-state index in [0.717, 1.165) is 5.56 Å². The molecule has 0 bridgehead atoms. The Kier molecular flexibility index (Phi) is 3.18. The third kappa shape index (κ3) is 2.60. The molecule has 0 aliphatic rings. The Bertz CT molecular complexity index is 458. The third-order valence-electron chi connectivity index (χ3n) is 1.98. The van der Waals surface area contributed by atoms with Gasteiger partial charge in [0.2, 0.25) is 5.82 Å². The smallest absolute Gasteiger partial charge is 0.291 e. The van der Waals surface area contributed by atoms with E-state index in [9.17, 15) is 4.79 Å². The number of benzene rings is 1. The molecule has 16 heavy (non-hydrogen) atoms. The van der Waals surface area contributed by atoms with Gasteiger partial charge in [-0.05, 0) is 5.56 Å². The molecule has 1 amide bonds. The number of nitrogens with one attached hydrogen (secondary N) is 1. The maximum Gasteiger partial charge on any atom is 0.291 e. The minimum absolute atomic E-state index is 0.0819. The second-order valence-corrected chi connectivity index (χ2v) is 3.13. The number of aromatic nitrogens is 3. The number of rotatable bonds is 3. The van der Waals surface area contributed by atoms with Crippen LogP contribution < -0.4 is 5.32 Å². The van der Waals surface area contributed by atoms with E-state index in [1.807, 2.05) is 30.3 Å². The maximum absolute atomic E-state index is 11.5. The standard InChI is InChI=1S/C11H10N4O/c16-11(10-12-6-7-14-15-10)13-8-9-4-2-1-3-5-9/h1-7H,8H2,(H,13,16). The Morgan fingerprint density at radius 3 is 2.69 bits per heavy atom. The summed E-state index contributed by atoms with van der Waals surface area (Å²) in [6.45, 7) is 0.456. The molecule has 1 N–H and O–H groups in total.